The number of benzene rings is 2. The number of ether oxygens (including phenoxy) is 2. The third-order valence-electron chi connectivity index (χ3n) is 4.08. The van der Waals surface area contributed by atoms with Crippen molar-refractivity contribution < 1.29 is 19.1 Å². The van der Waals surface area contributed by atoms with E-state index in [9.17, 15) is 9.59 Å². The summed E-state index contributed by atoms with van der Waals surface area (Å²) in [5.74, 6) is 0.233. The van der Waals surface area contributed by atoms with Crippen LogP contribution in [0.25, 0.3) is 6.08 Å². The Labute approximate surface area is 181 Å². The van der Waals surface area contributed by atoms with Crippen molar-refractivity contribution in [1.29, 1.82) is 0 Å². The molecule has 2 aromatic carbocycles. The minimum atomic E-state index is -0.370. The molecule has 0 saturated carbocycles. The van der Waals surface area contributed by atoms with Crippen LogP contribution in [0.3, 0.4) is 0 Å². The second kappa shape index (κ2) is 9.28. The number of hydrogen-bond donors (Lipinski definition) is 0. The lowest BCUT2D eigenvalue weighted by atomic mass is 10.2. The molecule has 1 fully saturated rings. The maximum absolute atomic E-state index is 12.6. The van der Waals surface area contributed by atoms with Gasteiger partial charge in [-0.25, -0.2) is 9.79 Å². The van der Waals surface area contributed by atoms with Gasteiger partial charge in [-0.15, -0.1) is 0 Å². The number of methoxy groups -OCH3 is 1. The van der Waals surface area contributed by atoms with Crippen LogP contribution in [0.15, 0.2) is 56.8 Å². The van der Waals surface area contributed by atoms with Crippen molar-refractivity contribution in [1.82, 2.24) is 4.90 Å². The highest BCUT2D eigenvalue weighted by Gasteiger charge is 2.30. The number of amides is 1. The van der Waals surface area contributed by atoms with Crippen LogP contribution in [-0.2, 0) is 9.53 Å². The molecule has 0 atom stereocenters. The predicted molar refractivity (Wildman–Crippen MR) is 119 cm³/mol. The quantitative estimate of drug-likeness (QED) is 0.456. The number of thioether (sulfide) groups is 1. The third kappa shape index (κ3) is 4.89. The van der Waals surface area contributed by atoms with E-state index in [2.05, 4.69) is 20.9 Å². The maximum Gasteiger partial charge on any atom is 0.338 e. The van der Waals surface area contributed by atoms with Gasteiger partial charge in [0, 0.05) is 7.05 Å². The van der Waals surface area contributed by atoms with E-state index < -0.39 is 0 Å². The first-order chi connectivity index (χ1) is 13.9. The lowest BCUT2D eigenvalue weighted by Gasteiger charge is -2.07. The molecule has 1 aliphatic heterocycles. The van der Waals surface area contributed by atoms with Gasteiger partial charge < -0.3 is 9.47 Å². The van der Waals surface area contributed by atoms with Crippen molar-refractivity contribution in [2.24, 2.45) is 4.99 Å². The lowest BCUT2D eigenvalue weighted by Crippen LogP contribution is -2.23. The number of nitrogens with zero attached hydrogens (tertiary/aromatic N) is 2. The van der Waals surface area contributed by atoms with Crippen LogP contribution in [0.4, 0.5) is 5.69 Å². The molecule has 0 spiro atoms. The van der Waals surface area contributed by atoms with E-state index in [1.54, 1.807) is 45.3 Å². The Kier molecular flexibility index (Phi) is 6.76. The molecule has 0 unspecified atom stereocenters. The van der Waals surface area contributed by atoms with E-state index in [1.165, 1.54) is 16.7 Å². The fourth-order valence-electron chi connectivity index (χ4n) is 2.57. The number of amidine groups is 1. The molecule has 0 aromatic heterocycles. The fourth-order valence-corrected chi connectivity index (χ4v) is 4.12. The Morgan fingerprint density at radius 1 is 1.24 bits per heavy atom. The lowest BCUT2D eigenvalue weighted by molar-refractivity contribution is -0.121. The summed E-state index contributed by atoms with van der Waals surface area (Å²) >= 11 is 4.75. The van der Waals surface area contributed by atoms with Gasteiger partial charge in [-0.1, -0.05) is 6.07 Å². The average molecular weight is 475 g/mol. The molecule has 0 aliphatic carbocycles. The van der Waals surface area contributed by atoms with Crippen LogP contribution in [0, 0.1) is 0 Å². The van der Waals surface area contributed by atoms with Crippen LogP contribution in [0.2, 0.25) is 0 Å². The van der Waals surface area contributed by atoms with Gasteiger partial charge >= 0.3 is 5.97 Å². The first kappa shape index (κ1) is 21.1. The SMILES string of the molecule is CCOC(=O)c1ccc(N=C2S/C(=C/c3ccc(OC)c(Br)c3)C(=O)N2C)cc1. The summed E-state index contributed by atoms with van der Waals surface area (Å²) in [6.07, 6.45) is 1.82. The first-order valence-electron chi connectivity index (χ1n) is 8.80. The first-order valence-corrected chi connectivity index (χ1v) is 10.4. The number of carbonyl (C=O) groups is 2. The maximum atomic E-state index is 12.6. The van der Waals surface area contributed by atoms with Gasteiger partial charge in [-0.3, -0.25) is 9.69 Å². The molecule has 1 saturated heterocycles. The summed E-state index contributed by atoms with van der Waals surface area (Å²) in [7, 11) is 3.29. The predicted octanol–water partition coefficient (Wildman–Crippen LogP) is 4.87. The van der Waals surface area contributed by atoms with E-state index in [0.717, 1.165) is 15.8 Å². The Balaban J connectivity index is 1.81. The largest absolute Gasteiger partial charge is 0.496 e. The number of halogens is 1. The molecule has 3 rings (SSSR count). The van der Waals surface area contributed by atoms with Gasteiger partial charge in [0.05, 0.1) is 34.3 Å². The smallest absolute Gasteiger partial charge is 0.338 e. The highest BCUT2D eigenvalue weighted by atomic mass is 79.9. The number of carbonyl (C=O) groups excluding carboxylic acids is 2. The number of aliphatic imine (C=N–C) groups is 1. The van der Waals surface area contributed by atoms with Gasteiger partial charge in [-0.05, 0) is 82.7 Å². The number of hydrogen-bond acceptors (Lipinski definition) is 6. The highest BCUT2D eigenvalue weighted by molar-refractivity contribution is 9.10. The molecule has 1 heterocycles. The number of likely N-dealkylation sites (N-methyl/N-ethyl adjacent to an activating group) is 1. The molecule has 1 aliphatic rings. The topological polar surface area (TPSA) is 68.2 Å². The molecular formula is C21H19BrN2O4S. The van der Waals surface area contributed by atoms with Crippen molar-refractivity contribution in [3.05, 3.63) is 63.0 Å². The van der Waals surface area contributed by atoms with Crippen molar-refractivity contribution in [3.63, 3.8) is 0 Å². The zero-order valence-electron chi connectivity index (χ0n) is 16.1. The van der Waals surface area contributed by atoms with Crippen molar-refractivity contribution in [2.45, 2.75) is 6.92 Å². The monoisotopic (exact) mass is 474 g/mol. The second-order valence-corrected chi connectivity index (χ2v) is 7.89. The Morgan fingerprint density at radius 2 is 1.97 bits per heavy atom. The molecule has 8 heteroatoms. The third-order valence-corrected chi connectivity index (χ3v) is 5.76. The minimum Gasteiger partial charge on any atom is -0.496 e. The van der Waals surface area contributed by atoms with Crippen molar-refractivity contribution >= 4 is 56.5 Å². The summed E-state index contributed by atoms with van der Waals surface area (Å²) in [6, 6.07) is 12.4. The molecular weight excluding hydrogens is 456 g/mol. The van der Waals surface area contributed by atoms with Crippen LogP contribution >= 0.6 is 27.7 Å². The van der Waals surface area contributed by atoms with Crippen LogP contribution in [-0.4, -0.2) is 42.7 Å². The van der Waals surface area contributed by atoms with Crippen LogP contribution in [0.1, 0.15) is 22.8 Å². The zero-order chi connectivity index (χ0) is 21.0. The fraction of sp³-hybridized carbons (Fsp3) is 0.190. The summed E-state index contributed by atoms with van der Waals surface area (Å²) in [5.41, 5.74) is 1.99. The number of rotatable bonds is 5. The Bertz CT molecular complexity index is 1000. The summed E-state index contributed by atoms with van der Waals surface area (Å²) in [5, 5.41) is 0.567. The number of esters is 1. The summed E-state index contributed by atoms with van der Waals surface area (Å²) < 4.78 is 11.0. The summed E-state index contributed by atoms with van der Waals surface area (Å²) in [4.78, 5) is 31.0. The van der Waals surface area contributed by atoms with Crippen molar-refractivity contribution in [3.8, 4) is 5.75 Å². The van der Waals surface area contributed by atoms with E-state index in [-0.39, 0.29) is 11.9 Å². The Morgan fingerprint density at radius 3 is 2.59 bits per heavy atom. The standard InChI is InChI=1S/C21H19BrN2O4S/c1-4-28-20(26)14-6-8-15(9-7-14)23-21-24(2)19(25)18(29-21)12-13-5-10-17(27-3)16(22)11-13/h5-12H,4H2,1-3H3/b18-12+,23-21?. The highest BCUT2D eigenvalue weighted by Crippen LogP contribution is 2.34. The van der Waals surface area contributed by atoms with Gasteiger partial charge in [0.15, 0.2) is 5.17 Å². The van der Waals surface area contributed by atoms with Crippen LogP contribution in [0.5, 0.6) is 5.75 Å². The van der Waals surface area contributed by atoms with E-state index in [1.807, 2.05) is 24.3 Å². The van der Waals surface area contributed by atoms with Gasteiger partial charge in [0.25, 0.3) is 5.91 Å². The van der Waals surface area contributed by atoms with E-state index in [4.69, 9.17) is 9.47 Å². The van der Waals surface area contributed by atoms with E-state index in [0.29, 0.717) is 27.9 Å². The second-order valence-electron chi connectivity index (χ2n) is 6.03. The van der Waals surface area contributed by atoms with Crippen molar-refractivity contribution in [2.75, 3.05) is 20.8 Å². The molecule has 29 heavy (non-hydrogen) atoms. The van der Waals surface area contributed by atoms with Gasteiger partial charge in [0.2, 0.25) is 0 Å². The molecule has 150 valence electrons. The minimum absolute atomic E-state index is 0.121. The average Bonchev–Trinajstić information content (AvgIpc) is 2.97. The molecule has 0 N–H and O–H groups in total. The molecule has 0 bridgehead atoms. The molecule has 1 amide bonds. The normalized spacial score (nSPS) is 16.6. The van der Waals surface area contributed by atoms with Crippen LogP contribution < -0.4 is 4.74 Å². The molecule has 6 nitrogen and oxygen atoms in total. The molecule has 0 radical (unpaired) electrons. The van der Waals surface area contributed by atoms with Gasteiger partial charge in [-0.2, -0.15) is 0 Å². The zero-order valence-corrected chi connectivity index (χ0v) is 18.5. The van der Waals surface area contributed by atoms with Gasteiger partial charge in [0.1, 0.15) is 5.75 Å². The molecule has 2 aromatic rings. The summed E-state index contributed by atoms with van der Waals surface area (Å²) in [6.45, 7) is 2.09. The van der Waals surface area contributed by atoms with E-state index >= 15 is 0 Å². The Hall–Kier alpha value is -2.58.